The first-order valence-electron chi connectivity index (χ1n) is 14.2. The van der Waals surface area contributed by atoms with Crippen LogP contribution in [0.2, 0.25) is 0 Å². The number of carbonyl (C=O) groups excluding carboxylic acids is 1. The maximum absolute atomic E-state index is 14.0. The van der Waals surface area contributed by atoms with Crippen molar-refractivity contribution in [2.45, 2.75) is 46.4 Å². The van der Waals surface area contributed by atoms with Crippen molar-refractivity contribution in [2.24, 2.45) is 4.99 Å². The van der Waals surface area contributed by atoms with Crippen molar-refractivity contribution in [3.05, 3.63) is 120 Å². The van der Waals surface area contributed by atoms with Gasteiger partial charge in [0.05, 0.1) is 41.7 Å². The lowest BCUT2D eigenvalue weighted by molar-refractivity contribution is -0.139. The second kappa shape index (κ2) is 13.3. The average molecular weight is 617 g/mol. The highest BCUT2D eigenvalue weighted by molar-refractivity contribution is 7.07. The molecule has 228 valence electrons. The van der Waals surface area contributed by atoms with E-state index in [1.165, 1.54) is 22.0 Å². The molecule has 0 N–H and O–H groups in total. The Balaban J connectivity index is 1.53. The maximum atomic E-state index is 14.0. The van der Waals surface area contributed by atoms with Crippen molar-refractivity contribution in [3.8, 4) is 17.2 Å². The molecule has 1 aliphatic rings. The van der Waals surface area contributed by atoms with Crippen LogP contribution in [0.3, 0.4) is 0 Å². The summed E-state index contributed by atoms with van der Waals surface area (Å²) < 4.78 is 38.5. The lowest BCUT2D eigenvalue weighted by Gasteiger charge is -2.25. The second-order valence-electron chi connectivity index (χ2n) is 10.3. The molecule has 0 saturated carbocycles. The number of nitrogens with zero attached hydrogens (tertiary/aromatic N) is 2. The Bertz CT molecular complexity index is 1890. The highest BCUT2D eigenvalue weighted by atomic mass is 32.1. The fourth-order valence-corrected chi connectivity index (χ4v) is 5.95. The summed E-state index contributed by atoms with van der Waals surface area (Å²) >= 11 is 1.23. The summed E-state index contributed by atoms with van der Waals surface area (Å²) in [5.74, 6) is 0.741. The fraction of sp³-hybridized carbons (Fsp3) is 0.265. The summed E-state index contributed by atoms with van der Waals surface area (Å²) in [5.41, 5.74) is 2.34. The number of halogens is 1. The van der Waals surface area contributed by atoms with E-state index in [1.807, 2.05) is 32.0 Å². The van der Waals surface area contributed by atoms with E-state index in [4.69, 9.17) is 18.9 Å². The Kier molecular flexibility index (Phi) is 9.29. The van der Waals surface area contributed by atoms with Gasteiger partial charge in [-0.1, -0.05) is 47.7 Å². The van der Waals surface area contributed by atoms with Gasteiger partial charge in [-0.3, -0.25) is 9.36 Å². The van der Waals surface area contributed by atoms with Crippen molar-refractivity contribution in [2.75, 3.05) is 13.7 Å². The number of aromatic nitrogens is 1. The van der Waals surface area contributed by atoms with E-state index in [9.17, 15) is 14.0 Å². The zero-order chi connectivity index (χ0) is 31.4. The summed E-state index contributed by atoms with van der Waals surface area (Å²) in [5, 5.41) is 0. The third-order valence-electron chi connectivity index (χ3n) is 6.91. The summed E-state index contributed by atoms with van der Waals surface area (Å²) in [4.78, 5) is 32.3. The molecule has 2 heterocycles. The molecular weight excluding hydrogens is 583 g/mol. The predicted molar refractivity (Wildman–Crippen MR) is 166 cm³/mol. The monoisotopic (exact) mass is 616 g/mol. The van der Waals surface area contributed by atoms with Crippen molar-refractivity contribution >= 4 is 23.4 Å². The third kappa shape index (κ3) is 6.45. The van der Waals surface area contributed by atoms with Crippen LogP contribution in [0.4, 0.5) is 4.39 Å². The quantitative estimate of drug-likeness (QED) is 0.225. The van der Waals surface area contributed by atoms with Gasteiger partial charge in [-0.25, -0.2) is 14.2 Å². The van der Waals surface area contributed by atoms with Crippen LogP contribution >= 0.6 is 11.3 Å². The van der Waals surface area contributed by atoms with E-state index < -0.39 is 12.0 Å². The smallest absolute Gasteiger partial charge is 0.338 e. The Morgan fingerprint density at radius 2 is 1.84 bits per heavy atom. The molecule has 0 unspecified atom stereocenters. The van der Waals surface area contributed by atoms with Crippen molar-refractivity contribution in [1.82, 2.24) is 4.57 Å². The summed E-state index contributed by atoms with van der Waals surface area (Å²) in [7, 11) is 1.54. The van der Waals surface area contributed by atoms with E-state index in [-0.39, 0.29) is 36.3 Å². The molecule has 10 heteroatoms. The Morgan fingerprint density at radius 3 is 2.52 bits per heavy atom. The van der Waals surface area contributed by atoms with Crippen LogP contribution in [0.5, 0.6) is 17.2 Å². The summed E-state index contributed by atoms with van der Waals surface area (Å²) in [6, 6.07) is 18.2. The number of hydrogen-bond acceptors (Lipinski definition) is 8. The van der Waals surface area contributed by atoms with E-state index >= 15 is 0 Å². The van der Waals surface area contributed by atoms with Gasteiger partial charge in [-0.15, -0.1) is 0 Å². The maximum Gasteiger partial charge on any atom is 0.338 e. The Hall–Kier alpha value is -4.70. The number of thiazole rings is 1. The number of allylic oxidation sites excluding steroid dienone is 1. The Labute approximate surface area is 258 Å². The highest BCUT2D eigenvalue weighted by Crippen LogP contribution is 2.36. The van der Waals surface area contributed by atoms with Crippen molar-refractivity contribution in [1.29, 1.82) is 0 Å². The van der Waals surface area contributed by atoms with Gasteiger partial charge in [0, 0.05) is 5.56 Å². The molecule has 1 aliphatic heterocycles. The van der Waals surface area contributed by atoms with Gasteiger partial charge in [0.25, 0.3) is 5.56 Å². The number of fused-ring (bicyclic) bond motifs is 1. The van der Waals surface area contributed by atoms with Crippen LogP contribution in [0.15, 0.2) is 87.8 Å². The zero-order valence-corrected chi connectivity index (χ0v) is 25.9. The molecule has 0 bridgehead atoms. The molecule has 0 radical (unpaired) electrons. The van der Waals surface area contributed by atoms with E-state index in [2.05, 4.69) is 4.99 Å². The average Bonchev–Trinajstić information content (AvgIpc) is 3.30. The molecule has 44 heavy (non-hydrogen) atoms. The van der Waals surface area contributed by atoms with Crippen molar-refractivity contribution < 1.29 is 28.1 Å². The number of methoxy groups -OCH3 is 1. The van der Waals surface area contributed by atoms with Gasteiger partial charge >= 0.3 is 5.97 Å². The first kappa shape index (κ1) is 30.7. The van der Waals surface area contributed by atoms with Gasteiger partial charge in [0.1, 0.15) is 18.2 Å². The van der Waals surface area contributed by atoms with Gasteiger partial charge in [0.2, 0.25) is 0 Å². The highest BCUT2D eigenvalue weighted by Gasteiger charge is 2.34. The number of rotatable bonds is 10. The number of hydrogen-bond donors (Lipinski definition) is 0. The molecule has 3 aromatic carbocycles. The topological polar surface area (TPSA) is 88.4 Å². The number of carbonyl (C=O) groups is 1. The molecule has 1 atom stereocenters. The first-order chi connectivity index (χ1) is 21.2. The van der Waals surface area contributed by atoms with E-state index in [0.717, 1.165) is 5.56 Å². The van der Waals surface area contributed by atoms with Crippen molar-refractivity contribution in [3.63, 3.8) is 0 Å². The molecule has 0 spiro atoms. The minimum Gasteiger partial charge on any atom is -0.493 e. The minimum absolute atomic E-state index is 0.0721. The Morgan fingerprint density at radius 1 is 1.09 bits per heavy atom. The summed E-state index contributed by atoms with van der Waals surface area (Å²) in [6.07, 6.45) is 1.70. The van der Waals surface area contributed by atoms with Crippen LogP contribution in [0.1, 0.15) is 50.4 Å². The number of ether oxygens (including phenoxy) is 4. The molecule has 5 rings (SSSR count). The summed E-state index contributed by atoms with van der Waals surface area (Å²) in [6.45, 7) is 7.59. The van der Waals surface area contributed by atoms with Crippen LogP contribution < -0.4 is 29.1 Å². The van der Waals surface area contributed by atoms with Gasteiger partial charge < -0.3 is 18.9 Å². The normalized spacial score (nSPS) is 14.7. The standard InChI is InChI=1S/C34H33FN2O6S/c1-6-41-33(39)30-21(4)36-34-37(31(30)23-13-16-27(43-20(2)3)28(18-23)40-5)32(38)29(44-34)17-22-11-14-25(15-12-22)42-19-24-9-7-8-10-26(24)35/h7-18,20,31H,6,19H2,1-5H3/b29-17-/t31-/m1/s1. The van der Waals surface area contributed by atoms with Crippen LogP contribution in [0.25, 0.3) is 6.08 Å². The third-order valence-corrected chi connectivity index (χ3v) is 7.90. The minimum atomic E-state index is -0.788. The SMILES string of the molecule is CCOC(=O)C1=C(C)N=c2s/c(=C\c3ccc(OCc4ccccc4F)cc3)c(=O)n2[C@@H]1c1ccc(OC(C)C)c(OC)c1. The second-order valence-corrected chi connectivity index (χ2v) is 11.3. The first-order valence-corrected chi connectivity index (χ1v) is 15.0. The van der Waals surface area contributed by atoms with Gasteiger partial charge in [-0.2, -0.15) is 0 Å². The lowest BCUT2D eigenvalue weighted by Crippen LogP contribution is -2.40. The molecule has 0 saturated heterocycles. The molecule has 0 aliphatic carbocycles. The molecule has 0 fully saturated rings. The predicted octanol–water partition coefficient (Wildman–Crippen LogP) is 5.31. The molecular formula is C34H33FN2O6S. The molecule has 4 aromatic rings. The number of benzene rings is 3. The van der Waals surface area contributed by atoms with Crippen LogP contribution in [0, 0.1) is 5.82 Å². The fourth-order valence-electron chi connectivity index (χ4n) is 4.90. The zero-order valence-electron chi connectivity index (χ0n) is 25.1. The van der Waals surface area contributed by atoms with Crippen LogP contribution in [-0.4, -0.2) is 30.4 Å². The number of esters is 1. The lowest BCUT2D eigenvalue weighted by atomic mass is 9.95. The van der Waals surface area contributed by atoms with E-state index in [1.54, 1.807) is 69.5 Å². The largest absolute Gasteiger partial charge is 0.493 e. The molecule has 8 nitrogen and oxygen atoms in total. The molecule has 0 amide bonds. The van der Waals surface area contributed by atoms with Gasteiger partial charge in [-0.05, 0) is 75.2 Å². The van der Waals surface area contributed by atoms with Crippen LogP contribution in [-0.2, 0) is 16.1 Å². The molecule has 1 aromatic heterocycles. The van der Waals surface area contributed by atoms with E-state index in [0.29, 0.717) is 43.4 Å². The van der Waals surface area contributed by atoms with Gasteiger partial charge in [0.15, 0.2) is 16.3 Å².